The number of hydrogen-bond acceptors (Lipinski definition) is 0. The summed E-state index contributed by atoms with van der Waals surface area (Å²) in [4.78, 5) is 0. The van der Waals surface area contributed by atoms with E-state index in [4.69, 9.17) is 0 Å². The second-order valence-electron chi connectivity index (χ2n) is 1.78. The topological polar surface area (TPSA) is 0 Å². The molecular formula is C5H10F. The molecule has 0 atom stereocenters. The lowest BCUT2D eigenvalue weighted by molar-refractivity contribution is 0.505. The highest BCUT2D eigenvalue weighted by molar-refractivity contribution is 4.50. The van der Waals surface area contributed by atoms with Crippen LogP contribution in [-0.4, -0.2) is 0 Å². The average molecular weight is 89.1 g/mol. The molecule has 0 aromatic carbocycles. The molecule has 0 heterocycles. The van der Waals surface area contributed by atoms with Crippen molar-refractivity contribution in [2.24, 2.45) is 5.92 Å². The maximum atomic E-state index is 11.1. The zero-order valence-corrected chi connectivity index (χ0v) is 4.24. The summed E-state index contributed by atoms with van der Waals surface area (Å²) in [6, 6.07) is 0. The van der Waals surface area contributed by atoms with Crippen LogP contribution in [0.4, 0.5) is 4.39 Å². The Balaban J connectivity index is 2.63. The Morgan fingerprint density at radius 2 is 2.17 bits per heavy atom. The molecule has 0 spiro atoms. The summed E-state index contributed by atoms with van der Waals surface area (Å²) in [5.74, 6) is 0.468. The van der Waals surface area contributed by atoms with Crippen LogP contribution in [0.2, 0.25) is 0 Å². The minimum absolute atomic E-state index is 0.468. The van der Waals surface area contributed by atoms with E-state index >= 15 is 0 Å². The second kappa shape index (κ2) is 3.13. The van der Waals surface area contributed by atoms with E-state index in [0.29, 0.717) is 19.0 Å². The number of rotatable bonds is 2. The summed E-state index contributed by atoms with van der Waals surface area (Å²) in [5.41, 5.74) is 0. The minimum Gasteiger partial charge on any atom is -0.244 e. The van der Waals surface area contributed by atoms with Crippen LogP contribution in [0, 0.1) is 12.6 Å². The zero-order valence-electron chi connectivity index (χ0n) is 4.24. The summed E-state index contributed by atoms with van der Waals surface area (Å²) in [7, 11) is 0. The highest BCUT2D eigenvalue weighted by Crippen LogP contribution is 2.00. The monoisotopic (exact) mass is 89.1 g/mol. The van der Waals surface area contributed by atoms with Gasteiger partial charge in [-0.05, 0) is 12.3 Å². The molecule has 0 fully saturated rings. The lowest BCUT2D eigenvalue weighted by Gasteiger charge is -1.93. The van der Waals surface area contributed by atoms with Crippen LogP contribution in [0.5, 0.6) is 0 Å². The van der Waals surface area contributed by atoms with E-state index in [1.165, 1.54) is 0 Å². The maximum Gasteiger partial charge on any atom is 0.131 e. The molecule has 1 radical (unpaired) electrons. The van der Waals surface area contributed by atoms with Crippen LogP contribution in [-0.2, 0) is 0 Å². The van der Waals surface area contributed by atoms with Gasteiger partial charge in [-0.1, -0.05) is 13.8 Å². The molecule has 0 bridgehead atoms. The molecule has 0 saturated carbocycles. The van der Waals surface area contributed by atoms with Crippen molar-refractivity contribution in [3.8, 4) is 0 Å². The predicted molar refractivity (Wildman–Crippen MR) is 24.9 cm³/mol. The Morgan fingerprint density at radius 3 is 2.17 bits per heavy atom. The van der Waals surface area contributed by atoms with E-state index in [1.807, 2.05) is 13.8 Å². The lowest BCUT2D eigenvalue weighted by atomic mass is 10.2. The standard InChI is InChI=1S/C5H10F/c1-5(2)3-4-6/h4-5H,3H2,1-2H3. The van der Waals surface area contributed by atoms with Gasteiger partial charge in [0.2, 0.25) is 0 Å². The van der Waals surface area contributed by atoms with Gasteiger partial charge in [-0.3, -0.25) is 0 Å². The normalized spacial score (nSPS) is 10.0. The van der Waals surface area contributed by atoms with Crippen LogP contribution in [0.1, 0.15) is 20.3 Å². The van der Waals surface area contributed by atoms with Crippen LogP contribution in [0.25, 0.3) is 0 Å². The molecule has 0 aromatic heterocycles. The van der Waals surface area contributed by atoms with Crippen LogP contribution < -0.4 is 0 Å². The van der Waals surface area contributed by atoms with E-state index in [2.05, 4.69) is 0 Å². The minimum atomic E-state index is 0.468. The summed E-state index contributed by atoms with van der Waals surface area (Å²) in [6.45, 7) is 4.66. The Kier molecular flexibility index (Phi) is 3.10. The van der Waals surface area contributed by atoms with Crippen LogP contribution in [0.15, 0.2) is 0 Å². The fourth-order valence-corrected chi connectivity index (χ4v) is 0.178. The molecule has 0 N–H and O–H groups in total. The fraction of sp³-hybridized carbons (Fsp3) is 0.800. The van der Waals surface area contributed by atoms with E-state index in [9.17, 15) is 4.39 Å². The Bertz CT molecular complexity index is 25.1. The van der Waals surface area contributed by atoms with E-state index in [0.717, 1.165) is 0 Å². The maximum absolute atomic E-state index is 11.1. The smallest absolute Gasteiger partial charge is 0.131 e. The van der Waals surface area contributed by atoms with Crippen molar-refractivity contribution in [3.63, 3.8) is 0 Å². The molecule has 0 aliphatic carbocycles. The van der Waals surface area contributed by atoms with Gasteiger partial charge in [-0.15, -0.1) is 0 Å². The molecule has 37 valence electrons. The third-order valence-corrected chi connectivity index (χ3v) is 0.560. The van der Waals surface area contributed by atoms with E-state index in [-0.39, 0.29) is 0 Å². The molecule has 0 aliphatic heterocycles. The highest BCUT2D eigenvalue weighted by atomic mass is 19.1. The molecule has 0 rings (SSSR count). The molecule has 0 aromatic rings. The lowest BCUT2D eigenvalue weighted by Crippen LogP contribution is -1.81. The first-order chi connectivity index (χ1) is 2.77. The molecular weight excluding hydrogens is 79.1 g/mol. The zero-order chi connectivity index (χ0) is 4.99. The van der Waals surface area contributed by atoms with Gasteiger partial charge < -0.3 is 0 Å². The summed E-state index contributed by atoms with van der Waals surface area (Å²) < 4.78 is 11.1. The van der Waals surface area contributed by atoms with Gasteiger partial charge in [-0.25, -0.2) is 4.39 Å². The van der Waals surface area contributed by atoms with Crippen LogP contribution >= 0.6 is 0 Å². The van der Waals surface area contributed by atoms with Crippen molar-refractivity contribution in [2.45, 2.75) is 20.3 Å². The average Bonchev–Trinajstić information content (AvgIpc) is 1.35. The van der Waals surface area contributed by atoms with Crippen molar-refractivity contribution in [1.82, 2.24) is 0 Å². The van der Waals surface area contributed by atoms with Crippen molar-refractivity contribution in [1.29, 1.82) is 0 Å². The molecule has 0 nitrogen and oxygen atoms in total. The predicted octanol–water partition coefficient (Wildman–Crippen LogP) is 2.16. The molecule has 0 saturated heterocycles. The molecule has 0 unspecified atom stereocenters. The quantitative estimate of drug-likeness (QED) is 0.486. The molecule has 6 heavy (non-hydrogen) atoms. The third kappa shape index (κ3) is 3.93. The largest absolute Gasteiger partial charge is 0.244 e. The SMILES string of the molecule is CC(C)C[CH]F. The number of halogens is 1. The Morgan fingerprint density at radius 1 is 1.67 bits per heavy atom. The van der Waals surface area contributed by atoms with Gasteiger partial charge >= 0.3 is 0 Å². The van der Waals surface area contributed by atoms with Crippen LogP contribution in [0.3, 0.4) is 0 Å². The van der Waals surface area contributed by atoms with E-state index in [1.54, 1.807) is 0 Å². The van der Waals surface area contributed by atoms with Crippen molar-refractivity contribution in [2.75, 3.05) is 0 Å². The third-order valence-electron chi connectivity index (χ3n) is 0.560. The van der Waals surface area contributed by atoms with E-state index < -0.39 is 0 Å². The fourth-order valence-electron chi connectivity index (χ4n) is 0.178. The van der Waals surface area contributed by atoms with Crippen molar-refractivity contribution in [3.05, 3.63) is 6.67 Å². The summed E-state index contributed by atoms with van der Waals surface area (Å²) in [6.07, 6.45) is 0.583. The Hall–Kier alpha value is -0.0700. The molecule has 0 aliphatic rings. The first-order valence-corrected chi connectivity index (χ1v) is 2.19. The van der Waals surface area contributed by atoms with Gasteiger partial charge in [0.1, 0.15) is 6.67 Å². The molecule has 0 amide bonds. The van der Waals surface area contributed by atoms with Gasteiger partial charge in [0, 0.05) is 0 Å². The molecule has 1 heteroatoms. The van der Waals surface area contributed by atoms with Gasteiger partial charge in [-0.2, -0.15) is 0 Å². The highest BCUT2D eigenvalue weighted by Gasteiger charge is 1.88. The Labute approximate surface area is 38.4 Å². The van der Waals surface area contributed by atoms with Crippen molar-refractivity contribution < 1.29 is 4.39 Å². The summed E-state index contributed by atoms with van der Waals surface area (Å²) >= 11 is 0. The van der Waals surface area contributed by atoms with Gasteiger partial charge in [0.15, 0.2) is 0 Å². The number of hydrogen-bond donors (Lipinski definition) is 0. The van der Waals surface area contributed by atoms with Crippen molar-refractivity contribution >= 4 is 0 Å². The first kappa shape index (κ1) is 5.93. The second-order valence-corrected chi connectivity index (χ2v) is 1.78. The van der Waals surface area contributed by atoms with Gasteiger partial charge in [0.25, 0.3) is 0 Å². The first-order valence-electron chi connectivity index (χ1n) is 2.19. The summed E-state index contributed by atoms with van der Waals surface area (Å²) in [5, 5.41) is 0. The van der Waals surface area contributed by atoms with Gasteiger partial charge in [0.05, 0.1) is 0 Å².